The summed E-state index contributed by atoms with van der Waals surface area (Å²) >= 11 is 0. The van der Waals surface area contributed by atoms with Gasteiger partial charge in [0.15, 0.2) is 0 Å². The van der Waals surface area contributed by atoms with Gasteiger partial charge in [-0.3, -0.25) is 4.79 Å². The van der Waals surface area contributed by atoms with E-state index in [-0.39, 0.29) is 17.2 Å². The molecule has 17 heavy (non-hydrogen) atoms. The van der Waals surface area contributed by atoms with E-state index in [1.54, 1.807) is 0 Å². The number of carbonyl (C=O) groups is 2. The van der Waals surface area contributed by atoms with Gasteiger partial charge in [-0.05, 0) is 38.0 Å². The molecule has 2 aliphatic rings. The fraction of sp³-hybridized carbons (Fsp3) is 0.846. The van der Waals surface area contributed by atoms with Gasteiger partial charge >= 0.3 is 5.97 Å². The van der Waals surface area contributed by atoms with E-state index in [1.807, 2.05) is 6.92 Å². The number of rotatable bonds is 5. The van der Waals surface area contributed by atoms with Crippen molar-refractivity contribution >= 4 is 11.9 Å². The highest BCUT2D eigenvalue weighted by Crippen LogP contribution is 2.42. The van der Waals surface area contributed by atoms with Gasteiger partial charge in [-0.15, -0.1) is 0 Å². The summed E-state index contributed by atoms with van der Waals surface area (Å²) < 4.78 is 0. The number of amides is 1. The van der Waals surface area contributed by atoms with E-state index in [0.717, 1.165) is 44.9 Å². The van der Waals surface area contributed by atoms with Crippen LogP contribution in [0.2, 0.25) is 0 Å². The Labute approximate surface area is 102 Å². The predicted molar refractivity (Wildman–Crippen MR) is 63.5 cm³/mol. The van der Waals surface area contributed by atoms with Gasteiger partial charge in [0, 0.05) is 5.41 Å². The number of carboxylic acid groups (broad SMARTS) is 1. The van der Waals surface area contributed by atoms with Gasteiger partial charge in [0.2, 0.25) is 5.91 Å². The third-order valence-electron chi connectivity index (χ3n) is 4.37. The number of hydrogen-bond acceptors (Lipinski definition) is 2. The standard InChI is InChI=1S/C13H21NO3/c1-2-13(7-3-4-8-13)12(17)14-10(11(15)16)9-5-6-9/h9-10H,2-8H2,1H3,(H,14,17)(H,15,16). The van der Waals surface area contributed by atoms with Crippen molar-refractivity contribution in [3.05, 3.63) is 0 Å². The largest absolute Gasteiger partial charge is 0.480 e. The summed E-state index contributed by atoms with van der Waals surface area (Å²) in [7, 11) is 0. The maximum atomic E-state index is 12.3. The third kappa shape index (κ3) is 2.45. The summed E-state index contributed by atoms with van der Waals surface area (Å²) in [6.45, 7) is 2.03. The lowest BCUT2D eigenvalue weighted by Crippen LogP contribution is -2.48. The zero-order valence-electron chi connectivity index (χ0n) is 10.4. The number of carbonyl (C=O) groups excluding carboxylic acids is 1. The Morgan fingerprint density at radius 3 is 2.35 bits per heavy atom. The van der Waals surface area contributed by atoms with Gasteiger partial charge < -0.3 is 10.4 Å². The Bertz CT molecular complexity index is 317. The average Bonchev–Trinajstić information content (AvgIpc) is 3.02. The molecule has 0 aromatic heterocycles. The lowest BCUT2D eigenvalue weighted by molar-refractivity contribution is -0.144. The fourth-order valence-electron chi connectivity index (χ4n) is 2.90. The van der Waals surface area contributed by atoms with Crippen LogP contribution in [-0.4, -0.2) is 23.0 Å². The van der Waals surface area contributed by atoms with Crippen LogP contribution in [0.3, 0.4) is 0 Å². The summed E-state index contributed by atoms with van der Waals surface area (Å²) in [6, 6.07) is -0.661. The van der Waals surface area contributed by atoms with Crippen molar-refractivity contribution in [1.82, 2.24) is 5.32 Å². The molecule has 1 amide bonds. The first-order chi connectivity index (χ1) is 8.09. The maximum Gasteiger partial charge on any atom is 0.326 e. The zero-order chi connectivity index (χ0) is 12.5. The molecule has 2 N–H and O–H groups in total. The number of aliphatic carboxylic acids is 1. The van der Waals surface area contributed by atoms with E-state index in [1.165, 1.54) is 0 Å². The van der Waals surface area contributed by atoms with Gasteiger partial charge in [-0.1, -0.05) is 19.8 Å². The second-order valence-electron chi connectivity index (χ2n) is 5.47. The predicted octanol–water partition coefficient (Wildman–Crippen LogP) is 1.94. The highest BCUT2D eigenvalue weighted by Gasteiger charge is 2.44. The van der Waals surface area contributed by atoms with Gasteiger partial charge in [0.25, 0.3) is 0 Å². The molecule has 4 heteroatoms. The Morgan fingerprint density at radius 2 is 1.94 bits per heavy atom. The Morgan fingerprint density at radius 1 is 1.35 bits per heavy atom. The van der Waals surface area contributed by atoms with Gasteiger partial charge in [0.1, 0.15) is 6.04 Å². The molecule has 96 valence electrons. The first-order valence-electron chi connectivity index (χ1n) is 6.63. The van der Waals surface area contributed by atoms with Gasteiger partial charge in [-0.25, -0.2) is 4.79 Å². The molecule has 0 saturated heterocycles. The Balaban J connectivity index is 2.01. The van der Waals surface area contributed by atoms with E-state index in [9.17, 15) is 9.59 Å². The van der Waals surface area contributed by atoms with Crippen LogP contribution in [0, 0.1) is 11.3 Å². The molecule has 2 saturated carbocycles. The monoisotopic (exact) mass is 239 g/mol. The van der Waals surface area contributed by atoms with Crippen LogP contribution in [0.4, 0.5) is 0 Å². The highest BCUT2D eigenvalue weighted by molar-refractivity contribution is 5.88. The minimum atomic E-state index is -0.884. The molecule has 0 radical (unpaired) electrons. The second-order valence-corrected chi connectivity index (χ2v) is 5.47. The summed E-state index contributed by atoms with van der Waals surface area (Å²) in [5, 5.41) is 11.9. The van der Waals surface area contributed by atoms with Crippen LogP contribution in [-0.2, 0) is 9.59 Å². The Hall–Kier alpha value is -1.06. The Kier molecular flexibility index (Phi) is 3.40. The first-order valence-corrected chi connectivity index (χ1v) is 6.63. The van der Waals surface area contributed by atoms with Crippen molar-refractivity contribution in [2.45, 2.75) is 57.9 Å². The quantitative estimate of drug-likeness (QED) is 0.770. The molecule has 2 rings (SSSR count). The zero-order valence-corrected chi connectivity index (χ0v) is 10.4. The number of carboxylic acids is 1. The smallest absolute Gasteiger partial charge is 0.326 e. The summed E-state index contributed by atoms with van der Waals surface area (Å²) in [5.41, 5.74) is -0.289. The molecule has 0 aromatic carbocycles. The van der Waals surface area contributed by atoms with Crippen molar-refractivity contribution in [2.75, 3.05) is 0 Å². The molecule has 1 atom stereocenters. The molecule has 0 spiro atoms. The summed E-state index contributed by atoms with van der Waals surface area (Å²) in [5.74, 6) is -0.756. The summed E-state index contributed by atoms with van der Waals surface area (Å²) in [4.78, 5) is 23.4. The van der Waals surface area contributed by atoms with Crippen molar-refractivity contribution < 1.29 is 14.7 Å². The van der Waals surface area contributed by atoms with Gasteiger partial charge in [0.05, 0.1) is 0 Å². The van der Waals surface area contributed by atoms with Crippen molar-refractivity contribution in [3.8, 4) is 0 Å². The van der Waals surface area contributed by atoms with Gasteiger partial charge in [-0.2, -0.15) is 0 Å². The summed E-state index contributed by atoms with van der Waals surface area (Å²) in [6.07, 6.45) is 6.66. The molecule has 0 aliphatic heterocycles. The molecule has 2 fully saturated rings. The molecule has 1 unspecified atom stereocenters. The van der Waals surface area contributed by atoms with E-state index in [2.05, 4.69) is 5.32 Å². The normalized spacial score (nSPS) is 24.3. The van der Waals surface area contributed by atoms with Crippen LogP contribution < -0.4 is 5.32 Å². The van der Waals surface area contributed by atoms with E-state index < -0.39 is 12.0 Å². The molecule has 0 heterocycles. The van der Waals surface area contributed by atoms with E-state index in [4.69, 9.17) is 5.11 Å². The topological polar surface area (TPSA) is 66.4 Å². The third-order valence-corrected chi connectivity index (χ3v) is 4.37. The van der Waals surface area contributed by atoms with Crippen LogP contribution in [0.15, 0.2) is 0 Å². The molecule has 0 bridgehead atoms. The lowest BCUT2D eigenvalue weighted by Gasteiger charge is -2.28. The fourth-order valence-corrected chi connectivity index (χ4v) is 2.90. The van der Waals surface area contributed by atoms with Crippen LogP contribution in [0.1, 0.15) is 51.9 Å². The second kappa shape index (κ2) is 4.67. The van der Waals surface area contributed by atoms with Crippen molar-refractivity contribution in [2.24, 2.45) is 11.3 Å². The van der Waals surface area contributed by atoms with Crippen LogP contribution >= 0.6 is 0 Å². The highest BCUT2D eigenvalue weighted by atomic mass is 16.4. The van der Waals surface area contributed by atoms with E-state index >= 15 is 0 Å². The molecule has 4 nitrogen and oxygen atoms in total. The first kappa shape index (κ1) is 12.4. The SMILES string of the molecule is CCC1(C(=O)NC(C(=O)O)C2CC2)CCCC1. The average molecular weight is 239 g/mol. The lowest BCUT2D eigenvalue weighted by atomic mass is 9.82. The van der Waals surface area contributed by atoms with Crippen LogP contribution in [0.5, 0.6) is 0 Å². The minimum Gasteiger partial charge on any atom is -0.480 e. The molecule has 0 aromatic rings. The maximum absolute atomic E-state index is 12.3. The molecular weight excluding hydrogens is 218 g/mol. The molecular formula is C13H21NO3. The number of nitrogens with one attached hydrogen (secondary N) is 1. The van der Waals surface area contributed by atoms with Crippen molar-refractivity contribution in [1.29, 1.82) is 0 Å². The number of hydrogen-bond donors (Lipinski definition) is 2. The van der Waals surface area contributed by atoms with Crippen LogP contribution in [0.25, 0.3) is 0 Å². The minimum absolute atomic E-state index is 0.0307. The van der Waals surface area contributed by atoms with E-state index in [0.29, 0.717) is 0 Å². The van der Waals surface area contributed by atoms with Crippen molar-refractivity contribution in [3.63, 3.8) is 0 Å². The molecule has 2 aliphatic carbocycles.